The summed E-state index contributed by atoms with van der Waals surface area (Å²) in [4.78, 5) is 12.7. The molecule has 25 heavy (non-hydrogen) atoms. The molecule has 0 fully saturated rings. The van der Waals surface area contributed by atoms with Crippen molar-refractivity contribution >= 4 is 27.5 Å². The number of carbonyl (C=O) groups excluding carboxylic acids is 1. The average Bonchev–Trinajstić information content (AvgIpc) is 2.62. The summed E-state index contributed by atoms with van der Waals surface area (Å²) in [6.45, 7) is 3.90. The number of esters is 1. The second kappa shape index (κ2) is 6.06. The maximum Gasteiger partial charge on any atom is 0.343 e. The van der Waals surface area contributed by atoms with Crippen LogP contribution in [0.1, 0.15) is 21.5 Å². The number of benzene rings is 4. The lowest BCUT2D eigenvalue weighted by molar-refractivity contribution is 0.0736. The molecular formula is C23H18O2. The molecule has 2 nitrogen and oxygen atoms in total. The third-order valence-corrected chi connectivity index (χ3v) is 4.52. The molecule has 0 atom stereocenters. The van der Waals surface area contributed by atoms with Gasteiger partial charge in [0.05, 0.1) is 5.56 Å². The molecule has 4 aromatic carbocycles. The maximum atomic E-state index is 12.7. The van der Waals surface area contributed by atoms with Crippen LogP contribution in [-0.2, 0) is 0 Å². The summed E-state index contributed by atoms with van der Waals surface area (Å²) in [5.41, 5.74) is 2.57. The predicted molar refractivity (Wildman–Crippen MR) is 102 cm³/mol. The van der Waals surface area contributed by atoms with Crippen molar-refractivity contribution in [3.05, 3.63) is 89.5 Å². The lowest BCUT2D eigenvalue weighted by Crippen LogP contribution is -2.10. The molecule has 0 heterocycles. The summed E-state index contributed by atoms with van der Waals surface area (Å²) in [6.07, 6.45) is 0. The SMILES string of the molecule is Cc1ccc(C)c(C(=O)Oc2cccc3cc4ccccc4cc23)c1. The fourth-order valence-corrected chi connectivity index (χ4v) is 3.14. The second-order valence-corrected chi connectivity index (χ2v) is 6.38. The Hall–Kier alpha value is -3.13. The van der Waals surface area contributed by atoms with Crippen molar-refractivity contribution in [2.75, 3.05) is 0 Å². The number of rotatable bonds is 2. The van der Waals surface area contributed by atoms with Gasteiger partial charge in [0.25, 0.3) is 0 Å². The minimum Gasteiger partial charge on any atom is -0.422 e. The number of ether oxygens (including phenoxy) is 1. The van der Waals surface area contributed by atoms with E-state index in [1.165, 1.54) is 5.39 Å². The Bertz CT molecular complexity index is 1110. The Kier molecular flexibility index (Phi) is 3.73. The molecule has 0 aliphatic heterocycles. The first-order valence-electron chi connectivity index (χ1n) is 8.33. The second-order valence-electron chi connectivity index (χ2n) is 6.38. The molecule has 0 saturated carbocycles. The molecule has 122 valence electrons. The van der Waals surface area contributed by atoms with Gasteiger partial charge in [0.1, 0.15) is 5.75 Å². The molecule has 0 unspecified atom stereocenters. The first-order valence-corrected chi connectivity index (χ1v) is 8.33. The normalized spacial score (nSPS) is 11.0. The third-order valence-electron chi connectivity index (χ3n) is 4.52. The summed E-state index contributed by atoms with van der Waals surface area (Å²) in [5, 5.41) is 4.31. The summed E-state index contributed by atoms with van der Waals surface area (Å²) >= 11 is 0. The van der Waals surface area contributed by atoms with Crippen molar-refractivity contribution < 1.29 is 9.53 Å². The van der Waals surface area contributed by atoms with Crippen LogP contribution in [0.5, 0.6) is 5.75 Å². The van der Waals surface area contributed by atoms with Crippen molar-refractivity contribution in [2.24, 2.45) is 0 Å². The molecular weight excluding hydrogens is 308 g/mol. The average molecular weight is 326 g/mol. The summed E-state index contributed by atoms with van der Waals surface area (Å²) in [6, 6.07) is 24.0. The van der Waals surface area contributed by atoms with E-state index in [9.17, 15) is 4.79 Å². The van der Waals surface area contributed by atoms with E-state index in [0.29, 0.717) is 11.3 Å². The highest BCUT2D eigenvalue weighted by Gasteiger charge is 2.14. The number of carbonyl (C=O) groups is 1. The van der Waals surface area contributed by atoms with E-state index in [-0.39, 0.29) is 5.97 Å². The highest BCUT2D eigenvalue weighted by Crippen LogP contribution is 2.30. The van der Waals surface area contributed by atoms with Crippen molar-refractivity contribution in [3.8, 4) is 5.75 Å². The van der Waals surface area contributed by atoms with E-state index >= 15 is 0 Å². The molecule has 0 amide bonds. The quantitative estimate of drug-likeness (QED) is 0.263. The zero-order valence-electron chi connectivity index (χ0n) is 14.2. The first kappa shape index (κ1) is 15.4. The molecule has 0 radical (unpaired) electrons. The zero-order valence-corrected chi connectivity index (χ0v) is 14.2. The highest BCUT2D eigenvalue weighted by molar-refractivity contribution is 6.02. The molecule has 0 N–H and O–H groups in total. The van der Waals surface area contributed by atoms with E-state index in [4.69, 9.17) is 4.74 Å². The summed E-state index contributed by atoms with van der Waals surface area (Å²) in [5.74, 6) is 0.274. The maximum absolute atomic E-state index is 12.7. The summed E-state index contributed by atoms with van der Waals surface area (Å²) in [7, 11) is 0. The Morgan fingerprint density at radius 3 is 2.28 bits per heavy atom. The van der Waals surface area contributed by atoms with Crippen molar-refractivity contribution in [2.45, 2.75) is 13.8 Å². The van der Waals surface area contributed by atoms with Gasteiger partial charge in [-0.1, -0.05) is 54.1 Å². The lowest BCUT2D eigenvalue weighted by atomic mass is 10.0. The van der Waals surface area contributed by atoms with Gasteiger partial charge in [0, 0.05) is 5.39 Å². The molecule has 0 aliphatic carbocycles. The van der Waals surface area contributed by atoms with Gasteiger partial charge >= 0.3 is 5.97 Å². The van der Waals surface area contributed by atoms with Crippen molar-refractivity contribution in [3.63, 3.8) is 0 Å². The molecule has 0 saturated heterocycles. The minimum absolute atomic E-state index is 0.318. The van der Waals surface area contributed by atoms with Gasteiger partial charge in [-0.2, -0.15) is 0 Å². The van der Waals surface area contributed by atoms with Gasteiger partial charge in [-0.25, -0.2) is 4.79 Å². The molecule has 4 aromatic rings. The van der Waals surface area contributed by atoms with Crippen LogP contribution in [0, 0.1) is 13.8 Å². The van der Waals surface area contributed by atoms with E-state index in [0.717, 1.165) is 27.3 Å². The monoisotopic (exact) mass is 326 g/mol. The standard InChI is InChI=1S/C23H18O2/c1-15-10-11-16(2)20(12-15)23(24)25-22-9-5-8-19-13-17-6-3-4-7-18(17)14-21(19)22/h3-14H,1-2H3. The Morgan fingerprint density at radius 2 is 1.48 bits per heavy atom. The predicted octanol–water partition coefficient (Wildman–Crippen LogP) is 5.83. The highest BCUT2D eigenvalue weighted by atomic mass is 16.5. The summed E-state index contributed by atoms with van der Waals surface area (Å²) < 4.78 is 5.76. The largest absolute Gasteiger partial charge is 0.422 e. The van der Waals surface area contributed by atoms with Gasteiger partial charge in [0.2, 0.25) is 0 Å². The van der Waals surface area contributed by atoms with E-state index < -0.39 is 0 Å². The minimum atomic E-state index is -0.318. The van der Waals surface area contributed by atoms with Crippen LogP contribution in [0.25, 0.3) is 21.5 Å². The van der Waals surface area contributed by atoms with Crippen LogP contribution in [-0.4, -0.2) is 5.97 Å². The van der Waals surface area contributed by atoms with Gasteiger partial charge < -0.3 is 4.74 Å². The molecule has 0 aliphatic rings. The van der Waals surface area contributed by atoms with Gasteiger partial charge in [-0.3, -0.25) is 0 Å². The van der Waals surface area contributed by atoms with Crippen LogP contribution in [0.3, 0.4) is 0 Å². The topological polar surface area (TPSA) is 26.3 Å². The molecule has 0 bridgehead atoms. The fourth-order valence-electron chi connectivity index (χ4n) is 3.14. The van der Waals surface area contributed by atoms with Gasteiger partial charge in [-0.15, -0.1) is 0 Å². The van der Waals surface area contributed by atoms with Gasteiger partial charge in [-0.05, 0) is 59.8 Å². The molecule has 0 spiro atoms. The van der Waals surface area contributed by atoms with Crippen LogP contribution in [0.15, 0.2) is 72.8 Å². The number of hydrogen-bond donors (Lipinski definition) is 0. The zero-order chi connectivity index (χ0) is 17.4. The van der Waals surface area contributed by atoms with E-state index in [1.807, 2.05) is 62.4 Å². The molecule has 4 rings (SSSR count). The number of fused-ring (bicyclic) bond motifs is 2. The van der Waals surface area contributed by atoms with Crippen LogP contribution in [0.2, 0.25) is 0 Å². The lowest BCUT2D eigenvalue weighted by Gasteiger charge is -2.11. The van der Waals surface area contributed by atoms with Crippen molar-refractivity contribution in [1.29, 1.82) is 0 Å². The Balaban J connectivity index is 1.80. The Morgan fingerprint density at radius 1 is 0.760 bits per heavy atom. The molecule has 2 heteroatoms. The Labute approximate surface area is 146 Å². The fraction of sp³-hybridized carbons (Fsp3) is 0.0870. The van der Waals surface area contributed by atoms with E-state index in [1.54, 1.807) is 0 Å². The number of hydrogen-bond acceptors (Lipinski definition) is 2. The van der Waals surface area contributed by atoms with Crippen LogP contribution >= 0.6 is 0 Å². The smallest absolute Gasteiger partial charge is 0.343 e. The van der Waals surface area contributed by atoms with Crippen LogP contribution < -0.4 is 4.74 Å². The van der Waals surface area contributed by atoms with Gasteiger partial charge in [0.15, 0.2) is 0 Å². The molecule has 0 aromatic heterocycles. The van der Waals surface area contributed by atoms with E-state index in [2.05, 4.69) is 24.3 Å². The van der Waals surface area contributed by atoms with Crippen molar-refractivity contribution in [1.82, 2.24) is 0 Å². The third kappa shape index (κ3) is 2.87. The van der Waals surface area contributed by atoms with Crippen LogP contribution in [0.4, 0.5) is 0 Å². The first-order chi connectivity index (χ1) is 12.1. The number of aryl methyl sites for hydroxylation is 2.